The number of para-hydroxylation sites is 1. The molecule has 0 aliphatic carbocycles. The Bertz CT molecular complexity index is 2430. The summed E-state index contributed by atoms with van der Waals surface area (Å²) in [5, 5.41) is 4.96. The summed E-state index contributed by atoms with van der Waals surface area (Å²) in [4.78, 5) is 24.3. The zero-order valence-electron chi connectivity index (χ0n) is 23.3. The van der Waals surface area contributed by atoms with Crippen LogP contribution in [0.3, 0.4) is 0 Å². The van der Waals surface area contributed by atoms with Crippen molar-refractivity contribution >= 4 is 53.3 Å². The van der Waals surface area contributed by atoms with Gasteiger partial charge in [-0.25, -0.2) is 24.9 Å². The molecular weight excluding hydrogens is 561 g/mol. The fraction of sp³-hybridized carbons (Fsp3) is 0. The van der Waals surface area contributed by atoms with Gasteiger partial charge in [-0.15, -0.1) is 11.3 Å². The van der Waals surface area contributed by atoms with E-state index in [9.17, 15) is 0 Å². The van der Waals surface area contributed by atoms with Crippen LogP contribution in [0.15, 0.2) is 134 Å². The molecule has 0 radical (unpaired) electrons. The minimum absolute atomic E-state index is 0.526. The lowest BCUT2D eigenvalue weighted by Gasteiger charge is -2.09. The van der Waals surface area contributed by atoms with Crippen molar-refractivity contribution < 1.29 is 0 Å². The van der Waals surface area contributed by atoms with Crippen LogP contribution in [0, 0.1) is 0 Å². The van der Waals surface area contributed by atoms with Crippen LogP contribution in [0.2, 0.25) is 0 Å². The fourth-order valence-corrected chi connectivity index (χ4v) is 7.09. The van der Waals surface area contributed by atoms with Crippen LogP contribution >= 0.6 is 11.3 Å². The Morgan fingerprint density at radius 3 is 1.68 bits per heavy atom. The molecule has 0 N–H and O–H groups in total. The van der Waals surface area contributed by atoms with E-state index < -0.39 is 0 Å². The molecule has 4 heterocycles. The highest BCUT2D eigenvalue weighted by molar-refractivity contribution is 7.26. The summed E-state index contributed by atoms with van der Waals surface area (Å²) >= 11 is 1.83. The summed E-state index contributed by atoms with van der Waals surface area (Å²) in [6.45, 7) is 0. The smallest absolute Gasteiger partial charge is 0.234 e. The van der Waals surface area contributed by atoms with Gasteiger partial charge in [0.25, 0.3) is 0 Å². The number of fused-ring (bicyclic) bond motifs is 7. The maximum Gasteiger partial charge on any atom is 0.234 e. The minimum Gasteiger partial charge on any atom is -0.278 e. The minimum atomic E-state index is 0.526. The van der Waals surface area contributed by atoms with E-state index in [0.717, 1.165) is 27.7 Å². The Hall–Kier alpha value is -5.79. The first-order valence-corrected chi connectivity index (χ1v) is 15.2. The van der Waals surface area contributed by atoms with Crippen LogP contribution in [0.1, 0.15) is 0 Å². The Morgan fingerprint density at radius 1 is 0.432 bits per heavy atom. The van der Waals surface area contributed by atoms with Crippen molar-refractivity contribution in [3.8, 4) is 40.1 Å². The average molecular weight is 583 g/mol. The van der Waals surface area contributed by atoms with Gasteiger partial charge in [0.15, 0.2) is 17.5 Å². The average Bonchev–Trinajstić information content (AvgIpc) is 3.64. The van der Waals surface area contributed by atoms with Crippen molar-refractivity contribution in [2.75, 3.05) is 0 Å². The third kappa shape index (κ3) is 3.91. The van der Waals surface area contributed by atoms with Crippen molar-refractivity contribution in [3.63, 3.8) is 0 Å². The molecule has 0 amide bonds. The largest absolute Gasteiger partial charge is 0.278 e. The standard InChI is InChI=1S/C37H22N6S/c1-3-11-23(12-4-1)34-40-35(24-13-5-2-6-14-24)42-36(41-34)25-21-38-37(39-22-25)43-28-17-9-7-15-26(28)32-29(43)19-20-31-33(32)27-16-8-10-18-30(27)44-31/h1-22H. The molecule has 5 aromatic carbocycles. The van der Waals surface area contributed by atoms with E-state index >= 15 is 0 Å². The number of thiophene rings is 1. The fourth-order valence-electron chi connectivity index (χ4n) is 5.98. The normalized spacial score (nSPS) is 11.6. The number of hydrogen-bond donors (Lipinski definition) is 0. The van der Waals surface area contributed by atoms with Crippen LogP contribution in [-0.2, 0) is 0 Å². The third-order valence-electron chi connectivity index (χ3n) is 7.97. The van der Waals surface area contributed by atoms with Crippen molar-refractivity contribution in [1.82, 2.24) is 29.5 Å². The first-order valence-electron chi connectivity index (χ1n) is 14.3. The summed E-state index contributed by atoms with van der Waals surface area (Å²) < 4.78 is 4.71. The highest BCUT2D eigenvalue weighted by Crippen LogP contribution is 2.42. The first kappa shape index (κ1) is 24.8. The van der Waals surface area contributed by atoms with Gasteiger partial charge in [0.1, 0.15) is 0 Å². The van der Waals surface area contributed by atoms with E-state index in [-0.39, 0.29) is 0 Å². The van der Waals surface area contributed by atoms with E-state index in [1.54, 1.807) is 12.4 Å². The molecule has 6 nitrogen and oxygen atoms in total. The molecule has 0 bridgehead atoms. The van der Waals surface area contributed by atoms with Gasteiger partial charge >= 0.3 is 0 Å². The van der Waals surface area contributed by atoms with Crippen molar-refractivity contribution in [2.24, 2.45) is 0 Å². The van der Waals surface area contributed by atoms with Gasteiger partial charge in [-0.1, -0.05) is 97.1 Å². The number of aromatic nitrogens is 6. The maximum absolute atomic E-state index is 4.89. The monoisotopic (exact) mass is 582 g/mol. The second-order valence-corrected chi connectivity index (χ2v) is 11.7. The molecule has 0 aliphatic heterocycles. The first-order chi connectivity index (χ1) is 21.8. The Labute approximate surface area is 256 Å². The molecule has 0 unspecified atom stereocenters. The van der Waals surface area contributed by atoms with Crippen LogP contribution in [0.4, 0.5) is 0 Å². The van der Waals surface area contributed by atoms with Gasteiger partial charge in [0, 0.05) is 54.5 Å². The molecule has 44 heavy (non-hydrogen) atoms. The predicted octanol–water partition coefficient (Wildman–Crippen LogP) is 9.13. The van der Waals surface area contributed by atoms with Gasteiger partial charge in [-0.2, -0.15) is 0 Å². The highest BCUT2D eigenvalue weighted by Gasteiger charge is 2.19. The van der Waals surface area contributed by atoms with E-state index in [1.807, 2.05) is 72.0 Å². The zero-order chi connectivity index (χ0) is 29.0. The van der Waals surface area contributed by atoms with Crippen molar-refractivity contribution in [3.05, 3.63) is 134 Å². The van der Waals surface area contributed by atoms with E-state index in [2.05, 4.69) is 65.2 Å². The van der Waals surface area contributed by atoms with E-state index in [1.165, 1.54) is 30.9 Å². The van der Waals surface area contributed by atoms with Crippen LogP contribution in [-0.4, -0.2) is 29.5 Å². The summed E-state index contributed by atoms with van der Waals surface area (Å²) in [5.74, 6) is 2.33. The lowest BCUT2D eigenvalue weighted by Crippen LogP contribution is -2.03. The second-order valence-electron chi connectivity index (χ2n) is 10.6. The molecule has 9 aromatic rings. The van der Waals surface area contributed by atoms with Gasteiger partial charge in [0.05, 0.1) is 16.6 Å². The summed E-state index contributed by atoms with van der Waals surface area (Å²) in [6.07, 6.45) is 3.61. The summed E-state index contributed by atoms with van der Waals surface area (Å²) in [6, 6.07) is 41.4. The number of nitrogens with zero attached hydrogens (tertiary/aromatic N) is 6. The second kappa shape index (κ2) is 9.90. The molecule has 0 atom stereocenters. The molecule has 206 valence electrons. The summed E-state index contributed by atoms with van der Waals surface area (Å²) in [5.41, 5.74) is 4.70. The molecule has 0 aliphatic rings. The molecule has 4 aromatic heterocycles. The molecule has 0 spiro atoms. The topological polar surface area (TPSA) is 69.4 Å². The quantitative estimate of drug-likeness (QED) is 0.207. The Morgan fingerprint density at radius 2 is 1.00 bits per heavy atom. The Balaban J connectivity index is 1.22. The van der Waals surface area contributed by atoms with Crippen molar-refractivity contribution in [2.45, 2.75) is 0 Å². The number of benzene rings is 5. The zero-order valence-corrected chi connectivity index (χ0v) is 24.1. The lowest BCUT2D eigenvalue weighted by atomic mass is 10.1. The van der Waals surface area contributed by atoms with Gasteiger partial charge in [0.2, 0.25) is 5.95 Å². The SMILES string of the molecule is c1ccc(-c2nc(-c3ccccc3)nc(-c3cnc(-n4c5ccccc5c5c6c(ccc54)sc4ccccc46)nc3)n2)cc1. The number of rotatable bonds is 4. The van der Waals surface area contributed by atoms with Gasteiger partial charge < -0.3 is 0 Å². The molecular formula is C37H22N6S. The molecule has 0 fully saturated rings. The third-order valence-corrected chi connectivity index (χ3v) is 9.11. The van der Waals surface area contributed by atoms with Crippen LogP contribution in [0.5, 0.6) is 0 Å². The van der Waals surface area contributed by atoms with E-state index in [0.29, 0.717) is 23.4 Å². The number of hydrogen-bond acceptors (Lipinski definition) is 6. The molecule has 9 rings (SSSR count). The molecule has 0 saturated carbocycles. The maximum atomic E-state index is 4.89. The lowest BCUT2D eigenvalue weighted by molar-refractivity contribution is 0.982. The molecule has 7 heteroatoms. The summed E-state index contributed by atoms with van der Waals surface area (Å²) in [7, 11) is 0. The van der Waals surface area contributed by atoms with E-state index in [4.69, 9.17) is 24.9 Å². The van der Waals surface area contributed by atoms with Crippen LogP contribution in [0.25, 0.3) is 82.1 Å². The van der Waals surface area contributed by atoms with Crippen molar-refractivity contribution in [1.29, 1.82) is 0 Å². The Kier molecular flexibility index (Phi) is 5.57. The predicted molar refractivity (Wildman–Crippen MR) is 179 cm³/mol. The van der Waals surface area contributed by atoms with Gasteiger partial charge in [-0.3, -0.25) is 4.57 Å². The highest BCUT2D eigenvalue weighted by atomic mass is 32.1. The van der Waals surface area contributed by atoms with Crippen LogP contribution < -0.4 is 0 Å². The van der Waals surface area contributed by atoms with Gasteiger partial charge in [-0.05, 0) is 24.3 Å². The molecule has 0 saturated heterocycles.